The number of benzene rings is 2. The average molecular weight is 399 g/mol. The van der Waals surface area contributed by atoms with Crippen LogP contribution in [-0.2, 0) is 16.1 Å². The molecule has 2 aromatic carbocycles. The molecule has 4 rings (SSSR count). The Hall–Kier alpha value is -3.49. The summed E-state index contributed by atoms with van der Waals surface area (Å²) in [7, 11) is 0. The maximum Gasteiger partial charge on any atom is 0.271 e. The smallest absolute Gasteiger partial charge is 0.271 e. The minimum Gasteiger partial charge on any atom is -0.482 e. The molecular weight excluding hydrogens is 381 g/mol. The Morgan fingerprint density at radius 3 is 2.76 bits per heavy atom. The zero-order chi connectivity index (χ0) is 20.5. The molecule has 2 amide bonds. The third kappa shape index (κ3) is 4.03. The van der Waals surface area contributed by atoms with Crippen LogP contribution in [0, 0.1) is 15.9 Å². The topological polar surface area (TPSA) is 93.0 Å². The quantitative estimate of drug-likeness (QED) is 0.550. The van der Waals surface area contributed by atoms with Crippen molar-refractivity contribution in [1.29, 1.82) is 0 Å². The lowest BCUT2D eigenvalue weighted by Gasteiger charge is -2.31. The first-order valence-corrected chi connectivity index (χ1v) is 9.18. The minimum absolute atomic E-state index is 0.0477. The van der Waals surface area contributed by atoms with E-state index < -0.39 is 10.8 Å². The second-order valence-corrected chi connectivity index (χ2v) is 7.06. The highest BCUT2D eigenvalue weighted by Crippen LogP contribution is 2.36. The molecule has 2 aliphatic rings. The SMILES string of the molecule is O=C1COc2ccc([N+](=O)[O-])cc2N1CC(=O)N(Cc1cccc(F)c1)C1CC1. The number of carbonyl (C=O) groups excluding carboxylic acids is 2. The Balaban J connectivity index is 1.57. The van der Waals surface area contributed by atoms with Crippen LogP contribution in [0.4, 0.5) is 15.8 Å². The summed E-state index contributed by atoms with van der Waals surface area (Å²) in [6.07, 6.45) is 1.69. The Morgan fingerprint density at radius 1 is 1.28 bits per heavy atom. The van der Waals surface area contributed by atoms with Crippen LogP contribution in [-0.4, -0.2) is 40.8 Å². The number of nitro benzene ring substituents is 1. The molecule has 8 nitrogen and oxygen atoms in total. The van der Waals surface area contributed by atoms with Crippen molar-refractivity contribution in [1.82, 2.24) is 4.90 Å². The van der Waals surface area contributed by atoms with Crippen LogP contribution in [0.2, 0.25) is 0 Å². The van der Waals surface area contributed by atoms with E-state index in [9.17, 15) is 24.1 Å². The fourth-order valence-corrected chi connectivity index (χ4v) is 3.34. The van der Waals surface area contributed by atoms with Crippen LogP contribution >= 0.6 is 0 Å². The number of halogens is 1. The fourth-order valence-electron chi connectivity index (χ4n) is 3.34. The van der Waals surface area contributed by atoms with Crippen LogP contribution in [0.3, 0.4) is 0 Å². The van der Waals surface area contributed by atoms with Gasteiger partial charge in [0.25, 0.3) is 11.6 Å². The molecule has 0 N–H and O–H groups in total. The molecular formula is C20H18FN3O5. The largest absolute Gasteiger partial charge is 0.482 e. The number of fused-ring (bicyclic) bond motifs is 1. The van der Waals surface area contributed by atoms with E-state index in [4.69, 9.17) is 4.74 Å². The first kappa shape index (κ1) is 18.9. The number of nitrogens with zero attached hydrogens (tertiary/aromatic N) is 3. The van der Waals surface area contributed by atoms with E-state index in [1.54, 1.807) is 17.0 Å². The molecule has 1 aliphatic carbocycles. The summed E-state index contributed by atoms with van der Waals surface area (Å²) in [6.45, 7) is -0.269. The van der Waals surface area contributed by atoms with E-state index in [2.05, 4.69) is 0 Å². The predicted octanol–water partition coefficient (Wildman–Crippen LogP) is 2.65. The van der Waals surface area contributed by atoms with Crippen molar-refractivity contribution in [3.05, 3.63) is 64.0 Å². The molecule has 0 bridgehead atoms. The number of hydrogen-bond acceptors (Lipinski definition) is 5. The summed E-state index contributed by atoms with van der Waals surface area (Å²) >= 11 is 0. The molecule has 150 valence electrons. The normalized spacial score (nSPS) is 15.5. The molecule has 1 saturated carbocycles. The number of rotatable bonds is 6. The molecule has 0 radical (unpaired) electrons. The van der Waals surface area contributed by atoms with Crippen LogP contribution < -0.4 is 9.64 Å². The summed E-state index contributed by atoms with van der Waals surface area (Å²) in [5.41, 5.74) is 0.665. The first-order chi connectivity index (χ1) is 13.9. The van der Waals surface area contributed by atoms with Crippen LogP contribution in [0.5, 0.6) is 5.75 Å². The van der Waals surface area contributed by atoms with E-state index in [0.29, 0.717) is 11.3 Å². The van der Waals surface area contributed by atoms with E-state index in [1.807, 2.05) is 0 Å². The minimum atomic E-state index is -0.570. The Morgan fingerprint density at radius 2 is 2.07 bits per heavy atom. The second kappa shape index (κ2) is 7.50. The van der Waals surface area contributed by atoms with E-state index >= 15 is 0 Å². The van der Waals surface area contributed by atoms with Crippen LogP contribution in [0.25, 0.3) is 0 Å². The number of carbonyl (C=O) groups is 2. The summed E-state index contributed by atoms with van der Waals surface area (Å²) in [5, 5.41) is 11.1. The number of amides is 2. The molecule has 0 saturated heterocycles. The van der Waals surface area contributed by atoms with Crippen molar-refractivity contribution in [3.63, 3.8) is 0 Å². The van der Waals surface area contributed by atoms with Gasteiger partial charge in [-0.25, -0.2) is 4.39 Å². The van der Waals surface area contributed by atoms with Gasteiger partial charge < -0.3 is 9.64 Å². The highest BCUT2D eigenvalue weighted by atomic mass is 19.1. The molecule has 0 atom stereocenters. The maximum absolute atomic E-state index is 13.5. The van der Waals surface area contributed by atoms with Crippen molar-refractivity contribution in [2.45, 2.75) is 25.4 Å². The Bertz CT molecular complexity index is 992. The number of ether oxygens (including phenoxy) is 1. The van der Waals surface area contributed by atoms with Gasteiger partial charge in [-0.15, -0.1) is 0 Å². The monoisotopic (exact) mass is 399 g/mol. The predicted molar refractivity (Wildman–Crippen MR) is 101 cm³/mol. The van der Waals surface area contributed by atoms with Crippen LogP contribution in [0.15, 0.2) is 42.5 Å². The highest BCUT2D eigenvalue weighted by molar-refractivity contribution is 6.02. The highest BCUT2D eigenvalue weighted by Gasteiger charge is 2.36. The zero-order valence-electron chi connectivity index (χ0n) is 15.4. The summed E-state index contributed by atoms with van der Waals surface area (Å²) in [5.74, 6) is -0.821. The van der Waals surface area contributed by atoms with Gasteiger partial charge in [0, 0.05) is 24.7 Å². The summed E-state index contributed by atoms with van der Waals surface area (Å²) < 4.78 is 18.8. The van der Waals surface area contributed by atoms with Gasteiger partial charge in [-0.1, -0.05) is 12.1 Å². The van der Waals surface area contributed by atoms with Crippen LogP contribution in [0.1, 0.15) is 18.4 Å². The van der Waals surface area contributed by atoms with Gasteiger partial charge >= 0.3 is 0 Å². The number of nitro groups is 1. The first-order valence-electron chi connectivity index (χ1n) is 9.18. The maximum atomic E-state index is 13.5. The van der Waals surface area contributed by atoms with Crippen molar-refractivity contribution in [3.8, 4) is 5.75 Å². The summed E-state index contributed by atoms with van der Waals surface area (Å²) in [6, 6.07) is 10.0. The number of anilines is 1. The average Bonchev–Trinajstić information content (AvgIpc) is 3.53. The summed E-state index contributed by atoms with van der Waals surface area (Å²) in [4.78, 5) is 38.8. The third-order valence-corrected chi connectivity index (χ3v) is 4.94. The van der Waals surface area contributed by atoms with Gasteiger partial charge in [-0.05, 0) is 36.6 Å². The number of non-ortho nitro benzene ring substituents is 1. The lowest BCUT2D eigenvalue weighted by Crippen LogP contribution is -2.46. The van der Waals surface area contributed by atoms with Crippen molar-refractivity contribution in [2.24, 2.45) is 0 Å². The lowest BCUT2D eigenvalue weighted by atomic mass is 10.2. The second-order valence-electron chi connectivity index (χ2n) is 7.06. The van der Waals surface area contributed by atoms with Gasteiger partial charge in [-0.2, -0.15) is 0 Å². The van der Waals surface area contributed by atoms with Crippen molar-refractivity contribution < 1.29 is 23.6 Å². The molecule has 2 aromatic rings. The third-order valence-electron chi connectivity index (χ3n) is 4.94. The van der Waals surface area contributed by atoms with Crippen molar-refractivity contribution in [2.75, 3.05) is 18.1 Å². The Labute approximate surface area is 165 Å². The van der Waals surface area contributed by atoms with Gasteiger partial charge in [0.05, 0.1) is 10.6 Å². The standard InChI is InChI=1S/C20H18FN3O5/c21-14-3-1-2-13(8-14)10-22(15-4-5-15)19(25)11-23-17-9-16(24(27)28)6-7-18(17)29-12-20(23)26/h1-3,6-9,15H,4-5,10-12H2. The molecule has 0 spiro atoms. The van der Waals surface area contributed by atoms with Gasteiger partial charge in [0.1, 0.15) is 18.1 Å². The lowest BCUT2D eigenvalue weighted by molar-refractivity contribution is -0.384. The van der Waals surface area contributed by atoms with Crippen molar-refractivity contribution >= 4 is 23.2 Å². The molecule has 0 aromatic heterocycles. The molecule has 0 unspecified atom stereocenters. The van der Waals surface area contributed by atoms with E-state index in [1.165, 1.54) is 35.2 Å². The van der Waals surface area contributed by atoms with Gasteiger partial charge in [0.15, 0.2) is 6.61 Å². The Kier molecular flexibility index (Phi) is 4.87. The van der Waals surface area contributed by atoms with Gasteiger partial charge in [0.2, 0.25) is 5.91 Å². The van der Waals surface area contributed by atoms with E-state index in [0.717, 1.165) is 12.8 Å². The fraction of sp³-hybridized carbons (Fsp3) is 0.300. The zero-order valence-corrected chi connectivity index (χ0v) is 15.4. The molecule has 1 aliphatic heterocycles. The molecule has 9 heteroatoms. The molecule has 1 fully saturated rings. The van der Waals surface area contributed by atoms with Gasteiger partial charge in [-0.3, -0.25) is 24.6 Å². The molecule has 1 heterocycles. The molecule has 29 heavy (non-hydrogen) atoms. The number of hydrogen-bond donors (Lipinski definition) is 0. The van der Waals surface area contributed by atoms with E-state index in [-0.39, 0.29) is 48.8 Å².